The highest BCUT2D eigenvalue weighted by Gasteiger charge is 2.43. The Balaban J connectivity index is 1.64. The molecule has 1 aliphatic carbocycles. The van der Waals surface area contributed by atoms with E-state index in [-0.39, 0.29) is 11.7 Å². The molecule has 0 bridgehead atoms. The van der Waals surface area contributed by atoms with Crippen molar-refractivity contribution < 1.29 is 10.2 Å². The molecule has 2 heterocycles. The molecule has 25 heavy (non-hydrogen) atoms. The van der Waals surface area contributed by atoms with E-state index in [2.05, 4.69) is 15.1 Å². The van der Waals surface area contributed by atoms with Crippen LogP contribution in [0.1, 0.15) is 32.1 Å². The summed E-state index contributed by atoms with van der Waals surface area (Å²) in [4.78, 5) is 2.21. The Morgan fingerprint density at radius 3 is 2.84 bits per heavy atom. The number of aromatic hydroxyl groups is 1. The molecule has 2 fully saturated rings. The van der Waals surface area contributed by atoms with E-state index in [1.54, 1.807) is 12.1 Å². The van der Waals surface area contributed by atoms with E-state index in [0.29, 0.717) is 17.1 Å². The van der Waals surface area contributed by atoms with Crippen LogP contribution in [0, 0.1) is 5.92 Å². The minimum absolute atomic E-state index is 0.174. The summed E-state index contributed by atoms with van der Waals surface area (Å²) in [5.41, 5.74) is 7.65. The number of hydrogen-bond acceptors (Lipinski definition) is 6. The topological polar surface area (TPSA) is 95.5 Å². The molecule has 4 rings (SSSR count). The second-order valence-corrected chi connectivity index (χ2v) is 7.26. The van der Waals surface area contributed by atoms with Gasteiger partial charge in [-0.05, 0) is 37.5 Å². The molecule has 0 amide bonds. The third kappa shape index (κ3) is 2.91. The number of fused-ring (bicyclic) bond motifs is 1. The molecule has 1 aliphatic heterocycles. The highest BCUT2D eigenvalue weighted by Crippen LogP contribution is 2.42. The molecule has 2 aliphatic rings. The van der Waals surface area contributed by atoms with E-state index in [1.165, 1.54) is 6.42 Å². The van der Waals surface area contributed by atoms with Crippen molar-refractivity contribution in [3.63, 3.8) is 0 Å². The SMILES string of the molecule is Nc1nnc(-c2ccccc2O)cc1N1CC[C@@]2(O)CCCC[C@@H]2C1. The molecule has 132 valence electrons. The van der Waals surface area contributed by atoms with Crippen LogP contribution in [0.5, 0.6) is 5.75 Å². The number of aromatic nitrogens is 2. The maximum Gasteiger partial charge on any atom is 0.169 e. The summed E-state index contributed by atoms with van der Waals surface area (Å²) < 4.78 is 0. The quantitative estimate of drug-likeness (QED) is 0.778. The number of phenolic OH excluding ortho intramolecular Hbond substituents is 1. The van der Waals surface area contributed by atoms with Gasteiger partial charge in [0.05, 0.1) is 17.0 Å². The van der Waals surface area contributed by atoms with Gasteiger partial charge in [0.25, 0.3) is 0 Å². The van der Waals surface area contributed by atoms with Crippen LogP contribution in [-0.2, 0) is 0 Å². The monoisotopic (exact) mass is 340 g/mol. The van der Waals surface area contributed by atoms with Crippen LogP contribution < -0.4 is 10.6 Å². The van der Waals surface area contributed by atoms with Gasteiger partial charge in [0.15, 0.2) is 5.82 Å². The normalized spacial score (nSPS) is 26.3. The molecule has 2 aromatic rings. The van der Waals surface area contributed by atoms with Crippen molar-refractivity contribution >= 4 is 11.5 Å². The number of hydrogen-bond donors (Lipinski definition) is 3. The summed E-state index contributed by atoms with van der Waals surface area (Å²) in [5.74, 6) is 0.837. The van der Waals surface area contributed by atoms with Crippen LogP contribution in [0.4, 0.5) is 11.5 Å². The van der Waals surface area contributed by atoms with E-state index >= 15 is 0 Å². The highest BCUT2D eigenvalue weighted by molar-refractivity contribution is 5.74. The van der Waals surface area contributed by atoms with Gasteiger partial charge in [-0.25, -0.2) is 0 Å². The van der Waals surface area contributed by atoms with Crippen LogP contribution in [-0.4, -0.2) is 39.1 Å². The number of aliphatic hydroxyl groups is 1. The zero-order valence-corrected chi connectivity index (χ0v) is 14.2. The first-order valence-corrected chi connectivity index (χ1v) is 8.96. The van der Waals surface area contributed by atoms with Crippen molar-refractivity contribution in [3.8, 4) is 17.0 Å². The molecule has 1 aromatic heterocycles. The molecule has 0 radical (unpaired) electrons. The van der Waals surface area contributed by atoms with E-state index in [1.807, 2.05) is 18.2 Å². The number of nitrogen functional groups attached to an aromatic ring is 1. The Labute approximate surface area is 147 Å². The predicted molar refractivity (Wildman–Crippen MR) is 97.3 cm³/mol. The first kappa shape index (κ1) is 16.1. The maximum absolute atomic E-state index is 10.9. The van der Waals surface area contributed by atoms with Crippen molar-refractivity contribution in [2.75, 3.05) is 23.7 Å². The number of nitrogens with two attached hydrogens (primary N) is 1. The van der Waals surface area contributed by atoms with Crippen LogP contribution in [0.2, 0.25) is 0 Å². The van der Waals surface area contributed by atoms with Gasteiger partial charge < -0.3 is 20.8 Å². The van der Waals surface area contributed by atoms with E-state index in [0.717, 1.165) is 44.5 Å². The second kappa shape index (κ2) is 6.19. The Morgan fingerprint density at radius 2 is 2.00 bits per heavy atom. The molecule has 2 atom stereocenters. The number of phenols is 1. The van der Waals surface area contributed by atoms with Crippen LogP contribution in [0.3, 0.4) is 0 Å². The highest BCUT2D eigenvalue weighted by atomic mass is 16.3. The zero-order valence-electron chi connectivity index (χ0n) is 14.2. The molecule has 1 saturated heterocycles. The Bertz CT molecular complexity index is 782. The lowest BCUT2D eigenvalue weighted by Gasteiger charge is -2.48. The van der Waals surface area contributed by atoms with Gasteiger partial charge in [0.1, 0.15) is 5.75 Å². The van der Waals surface area contributed by atoms with Gasteiger partial charge in [0.2, 0.25) is 0 Å². The fourth-order valence-electron chi connectivity index (χ4n) is 4.26. The van der Waals surface area contributed by atoms with Crippen molar-refractivity contribution in [2.45, 2.75) is 37.7 Å². The summed E-state index contributed by atoms with van der Waals surface area (Å²) in [7, 11) is 0. The van der Waals surface area contributed by atoms with Gasteiger partial charge in [0, 0.05) is 24.6 Å². The van der Waals surface area contributed by atoms with Crippen LogP contribution in [0.15, 0.2) is 30.3 Å². The first-order valence-electron chi connectivity index (χ1n) is 8.96. The molecule has 0 spiro atoms. The molecule has 4 N–H and O–H groups in total. The van der Waals surface area contributed by atoms with Crippen molar-refractivity contribution in [2.24, 2.45) is 5.92 Å². The average Bonchev–Trinajstić information content (AvgIpc) is 2.62. The summed E-state index contributed by atoms with van der Waals surface area (Å²) in [6.45, 7) is 1.54. The van der Waals surface area contributed by atoms with Crippen molar-refractivity contribution in [3.05, 3.63) is 30.3 Å². The molecule has 6 nitrogen and oxygen atoms in total. The van der Waals surface area contributed by atoms with E-state index in [9.17, 15) is 10.2 Å². The van der Waals surface area contributed by atoms with E-state index in [4.69, 9.17) is 5.73 Å². The third-order valence-electron chi connectivity index (χ3n) is 5.75. The van der Waals surface area contributed by atoms with Crippen molar-refractivity contribution in [1.82, 2.24) is 10.2 Å². The van der Waals surface area contributed by atoms with Gasteiger partial charge in [-0.1, -0.05) is 25.0 Å². The van der Waals surface area contributed by atoms with E-state index < -0.39 is 5.60 Å². The van der Waals surface area contributed by atoms with Crippen LogP contribution in [0.25, 0.3) is 11.3 Å². The molecule has 1 saturated carbocycles. The summed E-state index contributed by atoms with van der Waals surface area (Å²) in [6, 6.07) is 8.98. The first-order chi connectivity index (χ1) is 12.1. The number of anilines is 2. The Morgan fingerprint density at radius 1 is 1.16 bits per heavy atom. The fourth-order valence-corrected chi connectivity index (χ4v) is 4.26. The second-order valence-electron chi connectivity index (χ2n) is 7.26. The molecular formula is C19H24N4O2. The minimum Gasteiger partial charge on any atom is -0.507 e. The number of rotatable bonds is 2. The number of nitrogens with zero attached hydrogens (tertiary/aromatic N) is 3. The molecular weight excluding hydrogens is 316 g/mol. The predicted octanol–water partition coefficient (Wildman–Crippen LogP) is 2.56. The lowest BCUT2D eigenvalue weighted by molar-refractivity contribution is -0.0612. The standard InChI is InChI=1S/C19H24N4O2/c20-18-16(11-15(21-22-18)14-6-1-2-7-17(14)24)23-10-9-19(25)8-4-3-5-13(19)12-23/h1-2,6-7,11,13,24-25H,3-5,8-10,12H2,(H2,20,22)/t13-,19+/m1/s1. The fraction of sp³-hybridized carbons (Fsp3) is 0.474. The Hall–Kier alpha value is -2.34. The third-order valence-corrected chi connectivity index (χ3v) is 5.75. The van der Waals surface area contributed by atoms with Gasteiger partial charge >= 0.3 is 0 Å². The molecule has 6 heteroatoms. The summed E-state index contributed by atoms with van der Waals surface area (Å²) in [5, 5.41) is 29.2. The summed E-state index contributed by atoms with van der Waals surface area (Å²) >= 11 is 0. The average molecular weight is 340 g/mol. The molecule has 1 aromatic carbocycles. The smallest absolute Gasteiger partial charge is 0.169 e. The van der Waals surface area contributed by atoms with Gasteiger partial charge in [-0.3, -0.25) is 0 Å². The molecule has 0 unspecified atom stereocenters. The maximum atomic E-state index is 10.9. The summed E-state index contributed by atoms with van der Waals surface area (Å²) in [6.07, 6.45) is 5.00. The Kier molecular flexibility index (Phi) is 4.00. The van der Waals surface area contributed by atoms with Gasteiger partial charge in [-0.15, -0.1) is 10.2 Å². The lowest BCUT2D eigenvalue weighted by atomic mass is 9.71. The zero-order chi connectivity index (χ0) is 17.4. The number of benzene rings is 1. The van der Waals surface area contributed by atoms with Crippen molar-refractivity contribution in [1.29, 1.82) is 0 Å². The minimum atomic E-state index is -0.523. The largest absolute Gasteiger partial charge is 0.507 e. The number of piperidine rings is 1. The lowest BCUT2D eigenvalue weighted by Crippen LogP contribution is -2.53. The van der Waals surface area contributed by atoms with Crippen LogP contribution >= 0.6 is 0 Å². The number of para-hydroxylation sites is 1. The van der Waals surface area contributed by atoms with Gasteiger partial charge in [-0.2, -0.15) is 0 Å².